The normalized spacial score (nSPS) is 19.1. The first kappa shape index (κ1) is 14.8. The van der Waals surface area contributed by atoms with Crippen molar-refractivity contribution in [2.24, 2.45) is 0 Å². The summed E-state index contributed by atoms with van der Waals surface area (Å²) < 4.78 is 0. The fraction of sp³-hybridized carbons (Fsp3) is 0.429. The van der Waals surface area contributed by atoms with Gasteiger partial charge >= 0.3 is 0 Å². The number of piperazine rings is 1. The van der Waals surface area contributed by atoms with Crippen LogP contribution in [0.3, 0.4) is 0 Å². The van der Waals surface area contributed by atoms with Crippen molar-refractivity contribution in [1.82, 2.24) is 0 Å². The van der Waals surface area contributed by atoms with E-state index in [9.17, 15) is 0 Å². The first-order chi connectivity index (χ1) is 11.2. The molecular formula is C21H27N2+. The summed E-state index contributed by atoms with van der Waals surface area (Å²) in [5.41, 5.74) is 7.39. The number of rotatable bonds is 2. The minimum Gasteiger partial charge on any atom is -0.360 e. The zero-order valence-corrected chi connectivity index (χ0v) is 14.3. The fourth-order valence-electron chi connectivity index (χ4n) is 4.35. The van der Waals surface area contributed by atoms with E-state index in [0.717, 1.165) is 6.04 Å². The lowest BCUT2D eigenvalue weighted by molar-refractivity contribution is -0.925. The van der Waals surface area contributed by atoms with Crippen molar-refractivity contribution in [3.8, 4) is 0 Å². The lowest BCUT2D eigenvalue weighted by atomic mass is 10.1. The van der Waals surface area contributed by atoms with E-state index in [1.54, 1.807) is 11.1 Å². The number of aryl methyl sites for hydroxylation is 2. The van der Waals surface area contributed by atoms with Gasteiger partial charge in [0, 0.05) is 18.5 Å². The second-order valence-corrected chi connectivity index (χ2v) is 7.31. The minimum atomic E-state index is 0.799. The topological polar surface area (TPSA) is 7.68 Å². The number of nitrogens with one attached hydrogen (secondary N) is 1. The van der Waals surface area contributed by atoms with Crippen LogP contribution < -0.4 is 9.80 Å². The van der Waals surface area contributed by atoms with Crippen LogP contribution in [0.2, 0.25) is 0 Å². The second-order valence-electron chi connectivity index (χ2n) is 7.31. The van der Waals surface area contributed by atoms with Crippen LogP contribution in [0.5, 0.6) is 0 Å². The number of nitrogens with zero attached hydrogens (tertiary/aromatic N) is 1. The van der Waals surface area contributed by atoms with E-state index in [1.165, 1.54) is 55.8 Å². The van der Waals surface area contributed by atoms with Gasteiger partial charge in [-0.25, -0.2) is 0 Å². The van der Waals surface area contributed by atoms with Crippen molar-refractivity contribution in [3.63, 3.8) is 0 Å². The van der Waals surface area contributed by atoms with E-state index in [1.807, 2.05) is 4.90 Å². The molecule has 1 aliphatic carbocycles. The highest BCUT2D eigenvalue weighted by molar-refractivity contribution is 5.55. The molecule has 2 heteroatoms. The Kier molecular flexibility index (Phi) is 3.86. The molecule has 0 radical (unpaired) electrons. The van der Waals surface area contributed by atoms with Gasteiger partial charge in [-0.3, -0.25) is 0 Å². The van der Waals surface area contributed by atoms with E-state index in [2.05, 4.69) is 61.2 Å². The molecule has 2 aliphatic rings. The lowest BCUT2D eigenvalue weighted by Gasteiger charge is -2.37. The molecule has 0 unspecified atom stereocenters. The summed E-state index contributed by atoms with van der Waals surface area (Å²) >= 11 is 0. The van der Waals surface area contributed by atoms with Crippen molar-refractivity contribution in [2.75, 3.05) is 31.1 Å². The molecule has 1 fully saturated rings. The number of hydrogen-bond donors (Lipinski definition) is 1. The molecule has 0 aromatic heterocycles. The van der Waals surface area contributed by atoms with Crippen LogP contribution in [-0.4, -0.2) is 32.2 Å². The summed E-state index contributed by atoms with van der Waals surface area (Å²) in [6.07, 6.45) is 2.55. The van der Waals surface area contributed by atoms with Crippen molar-refractivity contribution >= 4 is 5.69 Å². The molecule has 23 heavy (non-hydrogen) atoms. The van der Waals surface area contributed by atoms with Gasteiger partial charge < -0.3 is 9.80 Å². The van der Waals surface area contributed by atoms with Gasteiger partial charge in [-0.1, -0.05) is 36.4 Å². The summed E-state index contributed by atoms with van der Waals surface area (Å²) in [7, 11) is 0. The Morgan fingerprint density at radius 3 is 2.22 bits per heavy atom. The Hall–Kier alpha value is -1.80. The molecule has 0 atom stereocenters. The Morgan fingerprint density at radius 2 is 1.57 bits per heavy atom. The van der Waals surface area contributed by atoms with Crippen LogP contribution in [0.25, 0.3) is 0 Å². The van der Waals surface area contributed by atoms with Gasteiger partial charge in [0.2, 0.25) is 0 Å². The Balaban J connectivity index is 1.41. The molecule has 1 saturated heterocycles. The summed E-state index contributed by atoms with van der Waals surface area (Å²) in [6.45, 7) is 9.35. The molecule has 0 spiro atoms. The molecule has 4 rings (SSSR count). The number of quaternary nitrogens is 1. The molecule has 0 amide bonds. The zero-order chi connectivity index (χ0) is 15.8. The third-order valence-corrected chi connectivity index (χ3v) is 5.74. The maximum Gasteiger partial charge on any atom is 0.0957 e. The van der Waals surface area contributed by atoms with Crippen LogP contribution in [0, 0.1) is 13.8 Å². The van der Waals surface area contributed by atoms with E-state index >= 15 is 0 Å². The summed E-state index contributed by atoms with van der Waals surface area (Å²) in [4.78, 5) is 4.40. The van der Waals surface area contributed by atoms with Gasteiger partial charge in [0.25, 0.3) is 0 Å². The van der Waals surface area contributed by atoms with Gasteiger partial charge in [0.05, 0.1) is 32.2 Å². The molecule has 1 heterocycles. The molecule has 2 aromatic carbocycles. The standard InChI is InChI=1S/C21H26N2/c1-16-7-8-17(2)21(13-16)23-11-9-22(10-12-23)20-14-18-5-3-4-6-19(18)15-20/h3-8,13,20H,9-12,14-15H2,1-2H3/p+1. The van der Waals surface area contributed by atoms with Crippen LogP contribution in [0.15, 0.2) is 42.5 Å². The molecule has 0 bridgehead atoms. The maximum atomic E-state index is 2.59. The third-order valence-electron chi connectivity index (χ3n) is 5.74. The molecule has 120 valence electrons. The van der Waals surface area contributed by atoms with E-state index in [-0.39, 0.29) is 0 Å². The monoisotopic (exact) mass is 307 g/mol. The first-order valence-electron chi connectivity index (χ1n) is 8.94. The summed E-state index contributed by atoms with van der Waals surface area (Å²) in [5.74, 6) is 0. The van der Waals surface area contributed by atoms with Crippen LogP contribution in [0.4, 0.5) is 5.69 Å². The van der Waals surface area contributed by atoms with E-state index < -0.39 is 0 Å². The number of anilines is 1. The molecular weight excluding hydrogens is 280 g/mol. The maximum absolute atomic E-state index is 2.59. The summed E-state index contributed by atoms with van der Waals surface area (Å²) in [5, 5.41) is 0. The second kappa shape index (κ2) is 6.01. The van der Waals surface area contributed by atoms with Gasteiger partial charge in [0.1, 0.15) is 0 Å². The zero-order valence-electron chi connectivity index (χ0n) is 14.3. The van der Waals surface area contributed by atoms with Gasteiger partial charge in [-0.2, -0.15) is 0 Å². The summed E-state index contributed by atoms with van der Waals surface area (Å²) in [6, 6.07) is 16.7. The third kappa shape index (κ3) is 2.88. The average Bonchev–Trinajstić information content (AvgIpc) is 3.01. The van der Waals surface area contributed by atoms with E-state index in [0.29, 0.717) is 0 Å². The first-order valence-corrected chi connectivity index (χ1v) is 8.94. The van der Waals surface area contributed by atoms with Crippen LogP contribution in [-0.2, 0) is 12.8 Å². The Bertz CT molecular complexity index is 674. The van der Waals surface area contributed by atoms with E-state index in [4.69, 9.17) is 0 Å². The predicted octanol–water partition coefficient (Wildman–Crippen LogP) is 2.18. The number of hydrogen-bond acceptors (Lipinski definition) is 1. The highest BCUT2D eigenvalue weighted by Crippen LogP contribution is 2.23. The SMILES string of the molecule is Cc1ccc(C)c(N2CC[NH+](C3Cc4ccccc4C3)CC2)c1. The van der Waals surface area contributed by atoms with Crippen molar-refractivity contribution < 1.29 is 4.90 Å². The highest BCUT2D eigenvalue weighted by Gasteiger charge is 2.32. The molecule has 2 aromatic rings. The quantitative estimate of drug-likeness (QED) is 0.893. The highest BCUT2D eigenvalue weighted by atomic mass is 15.3. The van der Waals surface area contributed by atoms with Gasteiger partial charge in [-0.15, -0.1) is 0 Å². The van der Waals surface area contributed by atoms with Crippen LogP contribution in [0.1, 0.15) is 22.3 Å². The average molecular weight is 307 g/mol. The van der Waals surface area contributed by atoms with Crippen molar-refractivity contribution in [1.29, 1.82) is 0 Å². The Labute approximate surface area is 139 Å². The largest absolute Gasteiger partial charge is 0.360 e. The molecule has 1 aliphatic heterocycles. The molecule has 0 saturated carbocycles. The van der Waals surface area contributed by atoms with Crippen LogP contribution >= 0.6 is 0 Å². The Morgan fingerprint density at radius 1 is 0.913 bits per heavy atom. The smallest absolute Gasteiger partial charge is 0.0957 e. The van der Waals surface area contributed by atoms with Gasteiger partial charge in [-0.05, 0) is 42.2 Å². The molecule has 1 N–H and O–H groups in total. The fourth-order valence-corrected chi connectivity index (χ4v) is 4.35. The predicted molar refractivity (Wildman–Crippen MR) is 96.5 cm³/mol. The number of fused-ring (bicyclic) bond motifs is 1. The van der Waals surface area contributed by atoms with Crippen molar-refractivity contribution in [2.45, 2.75) is 32.7 Å². The van der Waals surface area contributed by atoms with Crippen molar-refractivity contribution in [3.05, 3.63) is 64.7 Å². The number of benzene rings is 2. The van der Waals surface area contributed by atoms with Gasteiger partial charge in [0.15, 0.2) is 0 Å². The minimum absolute atomic E-state index is 0.799. The molecule has 2 nitrogen and oxygen atoms in total. The lowest BCUT2D eigenvalue weighted by Crippen LogP contribution is -3.18.